The van der Waals surface area contributed by atoms with Crippen LogP contribution in [0.2, 0.25) is 0 Å². The Kier molecular flexibility index (Phi) is 8.02. The first kappa shape index (κ1) is 38.9. The predicted molar refractivity (Wildman–Crippen MR) is 268 cm³/mol. The Labute approximate surface area is 367 Å². The molecule has 0 spiro atoms. The summed E-state index contributed by atoms with van der Waals surface area (Å²) in [6.45, 7) is 27.6. The predicted octanol–water partition coefficient (Wildman–Crippen LogP) is 15.2. The maximum atomic E-state index is 7.35. The van der Waals surface area contributed by atoms with Gasteiger partial charge in [-0.1, -0.05) is 168 Å². The quantitative estimate of drug-likeness (QED) is 0.128. The Balaban J connectivity index is 1.38. The molecule has 0 radical (unpaired) electrons. The third-order valence-corrected chi connectivity index (χ3v) is 13.9. The van der Waals surface area contributed by atoms with Crippen LogP contribution < -0.4 is 20.8 Å². The van der Waals surface area contributed by atoms with Crippen molar-refractivity contribution in [1.29, 1.82) is 0 Å². The Morgan fingerprint density at radius 1 is 0.468 bits per heavy atom. The number of hydrogen-bond donors (Lipinski definition) is 0. The van der Waals surface area contributed by atoms with Crippen LogP contribution in [0.1, 0.15) is 105 Å². The van der Waals surface area contributed by atoms with Crippen molar-refractivity contribution in [1.82, 2.24) is 0 Å². The first-order chi connectivity index (χ1) is 29.3. The van der Waals surface area contributed by atoms with Gasteiger partial charge in [-0.15, -0.1) is 0 Å². The zero-order valence-electron chi connectivity index (χ0n) is 38.5. The zero-order valence-corrected chi connectivity index (χ0v) is 38.5. The van der Waals surface area contributed by atoms with Gasteiger partial charge in [-0.05, 0) is 119 Å². The van der Waals surface area contributed by atoms with Crippen LogP contribution in [0.5, 0.6) is 0 Å². The highest BCUT2D eigenvalue weighted by Crippen LogP contribution is 2.55. The SMILES string of the molecule is CC(C)(C)c1ccc(N2B3c4oc5ccccc5c4N(c4ccccc4C(C)(C)C)c4c3c(c3ccc5cc(C(C)(C)C)cc6ccc4c3c56)-c3cc(C(C)(C)C)ccc32)cc1. The zero-order chi connectivity index (χ0) is 43.4. The molecule has 62 heavy (non-hydrogen) atoms. The molecule has 0 aliphatic carbocycles. The van der Waals surface area contributed by atoms with Crippen molar-refractivity contribution in [3.05, 3.63) is 150 Å². The van der Waals surface area contributed by atoms with Gasteiger partial charge in [-0.3, -0.25) is 0 Å². The second kappa shape index (κ2) is 12.8. The molecule has 8 aromatic carbocycles. The number of nitrogens with zero attached hydrogens (tertiary/aromatic N) is 2. The second-order valence-corrected chi connectivity index (χ2v) is 22.3. The fraction of sp³-hybridized carbons (Fsp3) is 0.276. The van der Waals surface area contributed by atoms with E-state index >= 15 is 0 Å². The van der Waals surface area contributed by atoms with E-state index in [0.29, 0.717) is 0 Å². The van der Waals surface area contributed by atoms with Crippen LogP contribution in [0.25, 0.3) is 54.4 Å². The van der Waals surface area contributed by atoms with Crippen molar-refractivity contribution in [2.75, 3.05) is 9.71 Å². The summed E-state index contributed by atoms with van der Waals surface area (Å²) in [5.41, 5.74) is 16.8. The van der Waals surface area contributed by atoms with Crippen molar-refractivity contribution in [2.45, 2.75) is 105 Å². The topological polar surface area (TPSA) is 19.6 Å². The molecule has 2 aliphatic rings. The van der Waals surface area contributed by atoms with E-state index in [4.69, 9.17) is 4.42 Å². The Bertz CT molecular complexity index is 3270. The number of fused-ring (bicyclic) bond motifs is 8. The highest BCUT2D eigenvalue weighted by atomic mass is 16.3. The highest BCUT2D eigenvalue weighted by Gasteiger charge is 2.50. The molecule has 3 nitrogen and oxygen atoms in total. The van der Waals surface area contributed by atoms with Crippen molar-refractivity contribution >= 4 is 89.7 Å². The lowest BCUT2D eigenvalue weighted by Gasteiger charge is -2.46. The number of anilines is 5. The number of furan rings is 1. The summed E-state index contributed by atoms with van der Waals surface area (Å²) >= 11 is 0. The first-order valence-corrected chi connectivity index (χ1v) is 22.6. The van der Waals surface area contributed by atoms with Gasteiger partial charge >= 0.3 is 6.85 Å². The van der Waals surface area contributed by atoms with Gasteiger partial charge in [0.15, 0.2) is 0 Å². The summed E-state index contributed by atoms with van der Waals surface area (Å²) in [5, 5.41) is 8.94. The summed E-state index contributed by atoms with van der Waals surface area (Å²) in [7, 11) is 0. The molecule has 308 valence electrons. The fourth-order valence-corrected chi connectivity index (χ4v) is 10.7. The summed E-state index contributed by atoms with van der Waals surface area (Å²) in [6.07, 6.45) is 0. The summed E-state index contributed by atoms with van der Waals surface area (Å²) in [5.74, 6) is 0. The molecule has 0 N–H and O–H groups in total. The van der Waals surface area contributed by atoms with E-state index in [0.717, 1.165) is 28.0 Å². The summed E-state index contributed by atoms with van der Waals surface area (Å²) in [4.78, 5) is 5.21. The van der Waals surface area contributed by atoms with Gasteiger partial charge in [0.25, 0.3) is 0 Å². The lowest BCUT2D eigenvalue weighted by molar-refractivity contribution is 0.590. The van der Waals surface area contributed by atoms with Gasteiger partial charge in [0, 0.05) is 38.8 Å². The second-order valence-electron chi connectivity index (χ2n) is 22.3. The van der Waals surface area contributed by atoms with Gasteiger partial charge in [-0.2, -0.15) is 0 Å². The lowest BCUT2D eigenvalue weighted by Crippen LogP contribution is -2.61. The Morgan fingerprint density at radius 2 is 1.08 bits per heavy atom. The Morgan fingerprint density at radius 3 is 1.74 bits per heavy atom. The molecule has 9 aromatic rings. The van der Waals surface area contributed by atoms with Gasteiger partial charge in [-0.25, -0.2) is 0 Å². The average molecular weight is 809 g/mol. The van der Waals surface area contributed by atoms with Crippen LogP contribution in [0.3, 0.4) is 0 Å². The molecule has 11 rings (SSSR count). The molecule has 0 saturated carbocycles. The first-order valence-electron chi connectivity index (χ1n) is 22.6. The molecule has 0 fully saturated rings. The van der Waals surface area contributed by atoms with Gasteiger partial charge in [0.1, 0.15) is 11.2 Å². The molecule has 2 aliphatic heterocycles. The molecule has 0 amide bonds. The van der Waals surface area contributed by atoms with Crippen LogP contribution in [0.15, 0.2) is 132 Å². The maximum Gasteiger partial charge on any atom is 0.375 e. The van der Waals surface area contributed by atoms with E-state index in [1.807, 2.05) is 0 Å². The van der Waals surface area contributed by atoms with Crippen LogP contribution in [-0.2, 0) is 21.7 Å². The smallest absolute Gasteiger partial charge is 0.375 e. The van der Waals surface area contributed by atoms with Crippen molar-refractivity contribution < 1.29 is 4.42 Å². The molecule has 4 heteroatoms. The highest BCUT2D eigenvalue weighted by molar-refractivity contribution is 6.94. The van der Waals surface area contributed by atoms with Crippen LogP contribution in [-0.4, -0.2) is 6.85 Å². The lowest BCUT2D eigenvalue weighted by atomic mass is 9.45. The minimum atomic E-state index is -0.247. The monoisotopic (exact) mass is 808 g/mol. The van der Waals surface area contributed by atoms with Crippen molar-refractivity contribution in [3.63, 3.8) is 0 Å². The van der Waals surface area contributed by atoms with Crippen LogP contribution in [0, 0.1) is 0 Å². The number of hydrogen-bond acceptors (Lipinski definition) is 3. The normalized spacial score (nSPS) is 14.4. The van der Waals surface area contributed by atoms with E-state index in [9.17, 15) is 0 Å². The molecular weight excluding hydrogens is 751 g/mol. The van der Waals surface area contributed by atoms with E-state index in [1.165, 1.54) is 88.2 Å². The molecule has 0 atom stereocenters. The number of rotatable bonds is 2. The molecule has 0 unspecified atom stereocenters. The largest absolute Gasteiger partial charge is 0.466 e. The van der Waals surface area contributed by atoms with E-state index in [-0.39, 0.29) is 28.5 Å². The number of benzene rings is 8. The third-order valence-electron chi connectivity index (χ3n) is 13.9. The summed E-state index contributed by atoms with van der Waals surface area (Å²) in [6, 6.07) is 48.9. The average Bonchev–Trinajstić information content (AvgIpc) is 3.61. The van der Waals surface area contributed by atoms with Crippen molar-refractivity contribution in [2.24, 2.45) is 0 Å². The standard InChI is InChI=1S/C58H57BN2O/c1-55(2,3)36-23-26-39(27-24-36)61-45-30-25-37(56(4,5)6)33-43(45)50-41-28-21-34-31-38(57(7,8)9)32-35-22-29-42(49(41)48(34)35)52-51(50)59(61)54-53(40-17-13-16-20-47(40)62-54)60(52)46-19-15-14-18-44(46)58(10,11)12/h13-33H,1-12H3. The minimum Gasteiger partial charge on any atom is -0.466 e. The third kappa shape index (κ3) is 5.57. The van der Waals surface area contributed by atoms with Crippen LogP contribution >= 0.6 is 0 Å². The van der Waals surface area contributed by atoms with Gasteiger partial charge in [0.2, 0.25) is 0 Å². The molecule has 0 bridgehead atoms. The molecule has 3 heterocycles. The van der Waals surface area contributed by atoms with Gasteiger partial charge < -0.3 is 14.1 Å². The van der Waals surface area contributed by atoms with Crippen molar-refractivity contribution in [3.8, 4) is 11.1 Å². The number of para-hydroxylation sites is 2. The minimum absolute atomic E-state index is 0.0197. The Hall–Kier alpha value is -6.00. The summed E-state index contributed by atoms with van der Waals surface area (Å²) < 4.78 is 7.35. The van der Waals surface area contributed by atoms with E-state index < -0.39 is 0 Å². The molecule has 0 saturated heterocycles. The van der Waals surface area contributed by atoms with E-state index in [2.05, 4.69) is 220 Å². The molecular formula is C58H57BN2O. The van der Waals surface area contributed by atoms with E-state index in [1.54, 1.807) is 0 Å². The van der Waals surface area contributed by atoms with Gasteiger partial charge in [0.05, 0.1) is 11.4 Å². The van der Waals surface area contributed by atoms with Crippen LogP contribution in [0.4, 0.5) is 28.4 Å². The molecule has 1 aromatic heterocycles. The maximum absolute atomic E-state index is 7.35. The fourth-order valence-electron chi connectivity index (χ4n) is 10.7.